The molecule has 2 atom stereocenters. The third-order valence-electron chi connectivity index (χ3n) is 2.49. The second-order valence-electron chi connectivity index (χ2n) is 3.71. The van der Waals surface area contributed by atoms with Crippen molar-refractivity contribution < 1.29 is 23.4 Å². The standard InChI is InChI=1S/C9H15F2NO3/c1-6(13)8(14)12-4-3-7(15-2)9(10,11)5-12/h6-7,13H,3-5H2,1-2H3/t6-,7+/m1/s1. The molecule has 0 unspecified atom stereocenters. The number of hydrogen-bond donors (Lipinski definition) is 1. The van der Waals surface area contributed by atoms with E-state index in [2.05, 4.69) is 4.74 Å². The lowest BCUT2D eigenvalue weighted by molar-refractivity contribution is -0.176. The van der Waals surface area contributed by atoms with E-state index >= 15 is 0 Å². The van der Waals surface area contributed by atoms with E-state index in [1.165, 1.54) is 14.0 Å². The maximum atomic E-state index is 13.3. The van der Waals surface area contributed by atoms with Crippen LogP contribution in [0.15, 0.2) is 0 Å². The quantitative estimate of drug-likeness (QED) is 0.730. The SMILES string of the molecule is CO[C@H]1CCN(C(=O)[C@@H](C)O)CC1(F)F. The van der Waals surface area contributed by atoms with E-state index in [0.717, 1.165) is 4.90 Å². The van der Waals surface area contributed by atoms with Crippen molar-refractivity contribution in [3.8, 4) is 0 Å². The minimum Gasteiger partial charge on any atom is -0.384 e. The highest BCUT2D eigenvalue weighted by Gasteiger charge is 2.46. The number of amides is 1. The fraction of sp³-hybridized carbons (Fsp3) is 0.889. The summed E-state index contributed by atoms with van der Waals surface area (Å²) in [6, 6.07) is 0. The molecular weight excluding hydrogens is 208 g/mol. The van der Waals surface area contributed by atoms with Gasteiger partial charge in [0.1, 0.15) is 12.2 Å². The summed E-state index contributed by atoms with van der Waals surface area (Å²) in [7, 11) is 1.23. The molecule has 0 aliphatic carbocycles. The Morgan fingerprint density at radius 2 is 2.27 bits per heavy atom. The molecule has 0 radical (unpaired) electrons. The molecule has 1 amide bonds. The van der Waals surface area contributed by atoms with Gasteiger partial charge in [-0.3, -0.25) is 4.79 Å². The maximum absolute atomic E-state index is 13.3. The Balaban J connectivity index is 2.66. The van der Waals surface area contributed by atoms with E-state index in [-0.39, 0.29) is 13.0 Å². The molecule has 0 aromatic carbocycles. The van der Waals surface area contributed by atoms with Crippen molar-refractivity contribution in [2.24, 2.45) is 0 Å². The Hall–Kier alpha value is -0.750. The van der Waals surface area contributed by atoms with Crippen molar-refractivity contribution >= 4 is 5.91 Å². The van der Waals surface area contributed by atoms with Gasteiger partial charge in [0.2, 0.25) is 0 Å². The molecule has 0 aromatic heterocycles. The van der Waals surface area contributed by atoms with Gasteiger partial charge in [0.15, 0.2) is 0 Å². The highest BCUT2D eigenvalue weighted by atomic mass is 19.3. The van der Waals surface area contributed by atoms with Gasteiger partial charge in [-0.05, 0) is 13.3 Å². The molecule has 88 valence electrons. The molecule has 0 aromatic rings. The first kappa shape index (κ1) is 12.3. The van der Waals surface area contributed by atoms with Gasteiger partial charge < -0.3 is 14.7 Å². The van der Waals surface area contributed by atoms with Crippen molar-refractivity contribution in [1.29, 1.82) is 0 Å². The lowest BCUT2D eigenvalue weighted by atomic mass is 10.0. The number of carbonyl (C=O) groups excluding carboxylic acids is 1. The summed E-state index contributed by atoms with van der Waals surface area (Å²) in [6.45, 7) is 0.774. The lowest BCUT2D eigenvalue weighted by Gasteiger charge is -2.37. The van der Waals surface area contributed by atoms with Crippen molar-refractivity contribution in [2.75, 3.05) is 20.2 Å². The minimum absolute atomic E-state index is 0.0853. The number of halogens is 2. The van der Waals surface area contributed by atoms with Crippen LogP contribution in [0.4, 0.5) is 8.78 Å². The highest BCUT2D eigenvalue weighted by molar-refractivity contribution is 5.80. The summed E-state index contributed by atoms with van der Waals surface area (Å²) >= 11 is 0. The average Bonchev–Trinajstić information content (AvgIpc) is 2.15. The molecule has 0 bridgehead atoms. The molecule has 4 nitrogen and oxygen atoms in total. The van der Waals surface area contributed by atoms with Gasteiger partial charge in [0.05, 0.1) is 6.54 Å². The predicted octanol–water partition coefficient (Wildman–Crippen LogP) is 0.250. The van der Waals surface area contributed by atoms with E-state index in [1.54, 1.807) is 0 Å². The molecule has 1 saturated heterocycles. The average molecular weight is 223 g/mol. The minimum atomic E-state index is -3.04. The van der Waals surface area contributed by atoms with Gasteiger partial charge in [-0.25, -0.2) is 8.78 Å². The van der Waals surface area contributed by atoms with E-state index in [1.807, 2.05) is 0 Å². The van der Waals surface area contributed by atoms with Crippen molar-refractivity contribution in [3.05, 3.63) is 0 Å². The largest absolute Gasteiger partial charge is 0.384 e. The predicted molar refractivity (Wildman–Crippen MR) is 48.6 cm³/mol. The summed E-state index contributed by atoms with van der Waals surface area (Å²) in [5, 5.41) is 9.00. The molecule has 6 heteroatoms. The van der Waals surface area contributed by atoms with Crippen LogP contribution in [0, 0.1) is 0 Å². The van der Waals surface area contributed by atoms with Gasteiger partial charge in [0.25, 0.3) is 11.8 Å². The van der Waals surface area contributed by atoms with Crippen molar-refractivity contribution in [1.82, 2.24) is 4.90 Å². The third kappa shape index (κ3) is 2.63. The lowest BCUT2D eigenvalue weighted by Crippen LogP contribution is -2.55. The van der Waals surface area contributed by atoms with Crippen molar-refractivity contribution in [3.63, 3.8) is 0 Å². The smallest absolute Gasteiger partial charge is 0.290 e. The first-order valence-corrected chi connectivity index (χ1v) is 4.76. The maximum Gasteiger partial charge on any atom is 0.290 e. The topological polar surface area (TPSA) is 49.8 Å². The Morgan fingerprint density at radius 3 is 2.67 bits per heavy atom. The summed E-state index contributed by atoms with van der Waals surface area (Å²) < 4.78 is 31.3. The molecule has 1 rings (SSSR count). The summed E-state index contributed by atoms with van der Waals surface area (Å²) in [4.78, 5) is 12.3. The van der Waals surface area contributed by atoms with Gasteiger partial charge in [-0.2, -0.15) is 0 Å². The first-order chi connectivity index (χ1) is 6.88. The Labute approximate surface area is 86.8 Å². The van der Waals surface area contributed by atoms with Gasteiger partial charge in [-0.15, -0.1) is 0 Å². The number of carbonyl (C=O) groups is 1. The zero-order valence-electron chi connectivity index (χ0n) is 8.74. The number of hydrogen-bond acceptors (Lipinski definition) is 3. The number of alkyl halides is 2. The van der Waals surface area contributed by atoms with Gasteiger partial charge >= 0.3 is 0 Å². The molecule has 1 N–H and O–H groups in total. The number of aliphatic hydroxyl groups is 1. The second kappa shape index (κ2) is 4.40. The Bertz CT molecular complexity index is 246. The molecule has 0 saturated carbocycles. The normalized spacial score (nSPS) is 27.5. The van der Waals surface area contributed by atoms with Crippen LogP contribution in [0.3, 0.4) is 0 Å². The summed E-state index contributed by atoms with van der Waals surface area (Å²) in [6.07, 6.45) is -2.29. The molecule has 15 heavy (non-hydrogen) atoms. The fourth-order valence-electron chi connectivity index (χ4n) is 1.66. The molecular formula is C9H15F2NO3. The van der Waals surface area contributed by atoms with Crippen LogP contribution in [0.5, 0.6) is 0 Å². The molecule has 1 aliphatic heterocycles. The number of methoxy groups -OCH3 is 1. The first-order valence-electron chi connectivity index (χ1n) is 4.76. The van der Waals surface area contributed by atoms with Crippen LogP contribution in [0.25, 0.3) is 0 Å². The number of piperidine rings is 1. The zero-order valence-corrected chi connectivity index (χ0v) is 8.74. The van der Waals surface area contributed by atoms with Crippen LogP contribution in [-0.4, -0.2) is 54.2 Å². The molecule has 1 fully saturated rings. The van der Waals surface area contributed by atoms with E-state index in [4.69, 9.17) is 5.11 Å². The van der Waals surface area contributed by atoms with Gasteiger partial charge in [-0.1, -0.05) is 0 Å². The van der Waals surface area contributed by atoms with Crippen LogP contribution >= 0.6 is 0 Å². The molecule has 0 spiro atoms. The number of rotatable bonds is 2. The number of nitrogens with zero attached hydrogens (tertiary/aromatic N) is 1. The number of likely N-dealkylation sites (tertiary alicyclic amines) is 1. The zero-order chi connectivity index (χ0) is 11.6. The van der Waals surface area contributed by atoms with E-state index in [9.17, 15) is 13.6 Å². The van der Waals surface area contributed by atoms with Crippen LogP contribution < -0.4 is 0 Å². The van der Waals surface area contributed by atoms with Crippen LogP contribution in [-0.2, 0) is 9.53 Å². The summed E-state index contributed by atoms with van der Waals surface area (Å²) in [5.41, 5.74) is 0. The molecule has 1 heterocycles. The third-order valence-corrected chi connectivity index (χ3v) is 2.49. The Morgan fingerprint density at radius 1 is 1.67 bits per heavy atom. The highest BCUT2D eigenvalue weighted by Crippen LogP contribution is 2.29. The van der Waals surface area contributed by atoms with Crippen LogP contribution in [0.1, 0.15) is 13.3 Å². The van der Waals surface area contributed by atoms with Crippen LogP contribution in [0.2, 0.25) is 0 Å². The number of aliphatic hydroxyl groups excluding tert-OH is 1. The monoisotopic (exact) mass is 223 g/mol. The van der Waals surface area contributed by atoms with E-state index < -0.39 is 30.6 Å². The number of ether oxygens (including phenoxy) is 1. The summed E-state index contributed by atoms with van der Waals surface area (Å²) in [5.74, 6) is -3.71. The van der Waals surface area contributed by atoms with Crippen molar-refractivity contribution in [2.45, 2.75) is 31.5 Å². The second-order valence-corrected chi connectivity index (χ2v) is 3.71. The van der Waals surface area contributed by atoms with E-state index in [0.29, 0.717) is 0 Å². The fourth-order valence-corrected chi connectivity index (χ4v) is 1.66. The molecule has 1 aliphatic rings. The Kier molecular flexibility index (Phi) is 3.62. The van der Waals surface area contributed by atoms with Gasteiger partial charge in [0, 0.05) is 13.7 Å².